The molecule has 5 heteroatoms. The molecular weight excluding hydrogens is 246 g/mol. The molecule has 1 atom stereocenters. The van der Waals surface area contributed by atoms with E-state index in [0.29, 0.717) is 6.04 Å². The van der Waals surface area contributed by atoms with E-state index < -0.39 is 11.9 Å². The summed E-state index contributed by atoms with van der Waals surface area (Å²) >= 11 is 0. The third-order valence-electron chi connectivity index (χ3n) is 3.05. The van der Waals surface area contributed by atoms with Gasteiger partial charge in [0.1, 0.15) is 0 Å². The molecule has 1 aliphatic heterocycles. The van der Waals surface area contributed by atoms with Gasteiger partial charge < -0.3 is 15.5 Å². The number of aliphatic carboxylic acids is 2. The molecule has 0 spiro atoms. The average Bonchev–Trinajstić information content (AvgIpc) is 2.86. The molecule has 1 aliphatic rings. The summed E-state index contributed by atoms with van der Waals surface area (Å²) < 4.78 is 0. The molecule has 0 amide bonds. The van der Waals surface area contributed by atoms with E-state index in [0.717, 1.165) is 0 Å². The Balaban J connectivity index is 0.000000258. The molecule has 1 unspecified atom stereocenters. The summed E-state index contributed by atoms with van der Waals surface area (Å²) in [7, 11) is 0. The highest BCUT2D eigenvalue weighted by molar-refractivity contribution is 6.27. The van der Waals surface area contributed by atoms with Crippen molar-refractivity contribution in [1.82, 2.24) is 5.32 Å². The van der Waals surface area contributed by atoms with E-state index >= 15 is 0 Å². The van der Waals surface area contributed by atoms with E-state index in [-0.39, 0.29) is 0 Å². The number of hydrogen-bond acceptors (Lipinski definition) is 3. The van der Waals surface area contributed by atoms with Crippen LogP contribution in [-0.2, 0) is 9.59 Å². The summed E-state index contributed by atoms with van der Waals surface area (Å²) in [5, 5.41) is 18.3. The number of rotatable bonds is 1. The Bertz CT molecular complexity index is 453. The highest BCUT2D eigenvalue weighted by atomic mass is 16.4. The minimum absolute atomic E-state index is 0.611. The fraction of sp³-hybridized carbons (Fsp3) is 0.429. The van der Waals surface area contributed by atoms with Crippen molar-refractivity contribution in [1.29, 1.82) is 0 Å². The zero-order valence-electron chi connectivity index (χ0n) is 11.1. The maximum Gasteiger partial charge on any atom is 0.414 e. The van der Waals surface area contributed by atoms with Gasteiger partial charge in [-0.2, -0.15) is 0 Å². The molecule has 1 aromatic rings. The Labute approximate surface area is 112 Å². The zero-order chi connectivity index (χ0) is 14.4. The molecule has 3 N–H and O–H groups in total. The average molecular weight is 265 g/mol. The van der Waals surface area contributed by atoms with Crippen LogP contribution in [-0.4, -0.2) is 28.7 Å². The lowest BCUT2D eigenvalue weighted by atomic mass is 9.98. The largest absolute Gasteiger partial charge is 0.473 e. The predicted molar refractivity (Wildman–Crippen MR) is 71.2 cm³/mol. The van der Waals surface area contributed by atoms with Crippen molar-refractivity contribution in [2.75, 3.05) is 6.54 Å². The van der Waals surface area contributed by atoms with Crippen LogP contribution in [0, 0.1) is 13.8 Å². The molecule has 0 saturated carbocycles. The van der Waals surface area contributed by atoms with Crippen molar-refractivity contribution in [2.45, 2.75) is 32.7 Å². The molecule has 1 aromatic carbocycles. The normalized spacial score (nSPS) is 17.5. The van der Waals surface area contributed by atoms with Crippen LogP contribution in [0.15, 0.2) is 18.2 Å². The van der Waals surface area contributed by atoms with Crippen molar-refractivity contribution >= 4 is 11.9 Å². The van der Waals surface area contributed by atoms with Crippen LogP contribution in [0.3, 0.4) is 0 Å². The van der Waals surface area contributed by atoms with E-state index in [1.807, 2.05) is 0 Å². The topological polar surface area (TPSA) is 86.6 Å². The SMILES string of the molecule is Cc1ccc(C)c(C2CCCN2)c1.O=C(O)C(=O)O. The first kappa shape index (κ1) is 15.2. The molecule has 2 rings (SSSR count). The van der Waals surface area contributed by atoms with Gasteiger partial charge in [-0.1, -0.05) is 23.8 Å². The van der Waals surface area contributed by atoms with Crippen molar-refractivity contribution in [3.05, 3.63) is 34.9 Å². The Morgan fingerprint density at radius 2 is 1.84 bits per heavy atom. The highest BCUT2D eigenvalue weighted by Crippen LogP contribution is 2.26. The van der Waals surface area contributed by atoms with Crippen LogP contribution in [0.25, 0.3) is 0 Å². The maximum absolute atomic E-state index is 9.10. The first-order valence-corrected chi connectivity index (χ1v) is 6.18. The molecule has 1 saturated heterocycles. The summed E-state index contributed by atoms with van der Waals surface area (Å²) in [5.74, 6) is -3.65. The van der Waals surface area contributed by atoms with E-state index in [2.05, 4.69) is 37.4 Å². The van der Waals surface area contributed by atoms with Gasteiger partial charge in [-0.15, -0.1) is 0 Å². The summed E-state index contributed by atoms with van der Waals surface area (Å²) in [6.45, 7) is 5.55. The number of aryl methyl sites for hydroxylation is 2. The molecule has 1 heterocycles. The van der Waals surface area contributed by atoms with Crippen LogP contribution in [0.4, 0.5) is 0 Å². The Hall–Kier alpha value is -1.88. The number of carbonyl (C=O) groups is 2. The van der Waals surface area contributed by atoms with Crippen LogP contribution in [0.1, 0.15) is 35.6 Å². The smallest absolute Gasteiger partial charge is 0.414 e. The lowest BCUT2D eigenvalue weighted by molar-refractivity contribution is -0.159. The molecule has 104 valence electrons. The highest BCUT2D eigenvalue weighted by Gasteiger charge is 2.17. The molecular formula is C14H19NO4. The predicted octanol–water partition coefficient (Wildman–Crippen LogP) is 1.88. The molecule has 5 nitrogen and oxygen atoms in total. The lowest BCUT2D eigenvalue weighted by Crippen LogP contribution is -2.14. The molecule has 0 radical (unpaired) electrons. The molecule has 0 aliphatic carbocycles. The van der Waals surface area contributed by atoms with E-state index in [9.17, 15) is 0 Å². The van der Waals surface area contributed by atoms with Crippen molar-refractivity contribution < 1.29 is 19.8 Å². The maximum atomic E-state index is 9.10. The second-order valence-corrected chi connectivity index (χ2v) is 4.62. The third kappa shape index (κ3) is 4.71. The monoisotopic (exact) mass is 265 g/mol. The van der Waals surface area contributed by atoms with Crippen molar-refractivity contribution in [3.63, 3.8) is 0 Å². The molecule has 0 aromatic heterocycles. The molecule has 19 heavy (non-hydrogen) atoms. The van der Waals surface area contributed by atoms with Crippen molar-refractivity contribution in [3.8, 4) is 0 Å². The van der Waals surface area contributed by atoms with Crippen LogP contribution in [0.2, 0.25) is 0 Å². The first-order valence-electron chi connectivity index (χ1n) is 6.18. The van der Waals surface area contributed by atoms with Gasteiger partial charge in [0.25, 0.3) is 0 Å². The zero-order valence-corrected chi connectivity index (χ0v) is 11.1. The number of benzene rings is 1. The van der Waals surface area contributed by atoms with Gasteiger partial charge in [0.15, 0.2) is 0 Å². The van der Waals surface area contributed by atoms with Gasteiger partial charge in [-0.3, -0.25) is 0 Å². The van der Waals surface area contributed by atoms with Gasteiger partial charge in [0.2, 0.25) is 0 Å². The Morgan fingerprint density at radius 3 is 2.32 bits per heavy atom. The second kappa shape index (κ2) is 6.89. The van der Waals surface area contributed by atoms with Crippen LogP contribution >= 0.6 is 0 Å². The summed E-state index contributed by atoms with van der Waals surface area (Å²) in [4.78, 5) is 18.2. The van der Waals surface area contributed by atoms with Crippen molar-refractivity contribution in [2.24, 2.45) is 0 Å². The quantitative estimate of drug-likeness (QED) is 0.675. The van der Waals surface area contributed by atoms with E-state index in [1.165, 1.54) is 36.1 Å². The third-order valence-corrected chi connectivity index (χ3v) is 3.05. The molecule has 1 fully saturated rings. The standard InChI is InChI=1S/C12H17N.C2H2O4/c1-9-5-6-10(2)11(8-9)12-4-3-7-13-12;3-1(4)2(5)6/h5-6,8,12-13H,3-4,7H2,1-2H3;(H,3,4)(H,5,6). The molecule has 0 bridgehead atoms. The van der Waals surface area contributed by atoms with Gasteiger partial charge in [0, 0.05) is 6.04 Å². The fourth-order valence-electron chi connectivity index (χ4n) is 2.09. The van der Waals surface area contributed by atoms with E-state index in [1.54, 1.807) is 0 Å². The van der Waals surface area contributed by atoms with Gasteiger partial charge in [-0.25, -0.2) is 9.59 Å². The number of nitrogens with one attached hydrogen (secondary N) is 1. The minimum Gasteiger partial charge on any atom is -0.473 e. The number of carboxylic acid groups (broad SMARTS) is 2. The van der Waals surface area contributed by atoms with Gasteiger partial charge in [0.05, 0.1) is 0 Å². The Morgan fingerprint density at radius 1 is 1.21 bits per heavy atom. The fourth-order valence-corrected chi connectivity index (χ4v) is 2.09. The second-order valence-electron chi connectivity index (χ2n) is 4.62. The van der Waals surface area contributed by atoms with E-state index in [4.69, 9.17) is 19.8 Å². The lowest BCUT2D eigenvalue weighted by Gasteiger charge is -2.14. The van der Waals surface area contributed by atoms with Crippen LogP contribution in [0.5, 0.6) is 0 Å². The summed E-state index contributed by atoms with van der Waals surface area (Å²) in [5.41, 5.74) is 4.29. The minimum atomic E-state index is -1.82. The summed E-state index contributed by atoms with van der Waals surface area (Å²) in [6, 6.07) is 7.34. The first-order chi connectivity index (χ1) is 8.91. The van der Waals surface area contributed by atoms with Gasteiger partial charge in [-0.05, 0) is 44.4 Å². The van der Waals surface area contributed by atoms with Gasteiger partial charge >= 0.3 is 11.9 Å². The van der Waals surface area contributed by atoms with Crippen LogP contribution < -0.4 is 5.32 Å². The summed E-state index contributed by atoms with van der Waals surface area (Å²) in [6.07, 6.45) is 2.61. The number of hydrogen-bond donors (Lipinski definition) is 3. The Kier molecular flexibility index (Phi) is 5.51. The number of carboxylic acids is 2.